The third-order valence-electron chi connectivity index (χ3n) is 4.55. The molecule has 9 heteroatoms. The van der Waals surface area contributed by atoms with Crippen molar-refractivity contribution in [3.63, 3.8) is 0 Å². The van der Waals surface area contributed by atoms with E-state index in [9.17, 15) is 31.1 Å². The second-order valence-corrected chi connectivity index (χ2v) is 6.59. The fourth-order valence-electron chi connectivity index (χ4n) is 2.95. The summed E-state index contributed by atoms with van der Waals surface area (Å²) in [4.78, 5) is 11.0. The molecule has 0 heterocycles. The number of carboxylic acid groups (broad SMARTS) is 1. The Morgan fingerprint density at radius 3 is 1.96 bits per heavy atom. The maximum atomic E-state index is 12.9. The average molecular weight is 399 g/mol. The molecule has 0 fully saturated rings. The fraction of sp³-hybridized carbons (Fsp3) is 0.611. The second-order valence-electron chi connectivity index (χ2n) is 6.59. The van der Waals surface area contributed by atoms with E-state index in [1.165, 1.54) is 0 Å². The van der Waals surface area contributed by atoms with Crippen LogP contribution < -0.4 is 5.73 Å². The molecule has 1 aromatic rings. The lowest BCUT2D eigenvalue weighted by Crippen LogP contribution is -2.25. The van der Waals surface area contributed by atoms with Gasteiger partial charge < -0.3 is 10.8 Å². The van der Waals surface area contributed by atoms with E-state index < -0.39 is 35.4 Å². The van der Waals surface area contributed by atoms with Gasteiger partial charge in [-0.1, -0.05) is 19.8 Å². The van der Waals surface area contributed by atoms with Crippen molar-refractivity contribution in [1.29, 1.82) is 0 Å². The molecule has 0 aliphatic heterocycles. The summed E-state index contributed by atoms with van der Waals surface area (Å²) in [6.45, 7) is 1.83. The number of hydrogen-bond acceptors (Lipinski definition) is 2. The van der Waals surface area contributed by atoms with Crippen LogP contribution in [0.1, 0.15) is 49.3 Å². The van der Waals surface area contributed by atoms with Crippen LogP contribution in [0.4, 0.5) is 26.3 Å². The minimum atomic E-state index is -4.86. The Morgan fingerprint density at radius 2 is 1.59 bits per heavy atom. The Bertz CT molecular complexity index is 595. The molecule has 0 aliphatic rings. The maximum Gasteiger partial charge on any atom is 0.416 e. The molecule has 0 aromatic heterocycles. The second kappa shape index (κ2) is 9.43. The number of benzene rings is 1. The molecule has 1 rings (SSSR count). The van der Waals surface area contributed by atoms with Gasteiger partial charge in [0.15, 0.2) is 0 Å². The van der Waals surface area contributed by atoms with E-state index in [-0.39, 0.29) is 30.5 Å². The molecule has 0 aliphatic carbocycles. The number of aryl methyl sites for hydroxylation is 1. The van der Waals surface area contributed by atoms with Gasteiger partial charge in [-0.3, -0.25) is 4.79 Å². The van der Waals surface area contributed by atoms with Crippen LogP contribution in [0.15, 0.2) is 18.2 Å². The summed E-state index contributed by atoms with van der Waals surface area (Å²) in [7, 11) is 0. The quantitative estimate of drug-likeness (QED) is 0.567. The lowest BCUT2D eigenvalue weighted by Gasteiger charge is -2.19. The number of carboxylic acids is 1. The molecule has 0 saturated carbocycles. The van der Waals surface area contributed by atoms with Gasteiger partial charge in [0, 0.05) is 6.54 Å². The van der Waals surface area contributed by atoms with Gasteiger partial charge in [0.2, 0.25) is 0 Å². The van der Waals surface area contributed by atoms with Gasteiger partial charge in [-0.05, 0) is 48.9 Å². The van der Waals surface area contributed by atoms with E-state index in [0.29, 0.717) is 25.7 Å². The van der Waals surface area contributed by atoms with Crippen molar-refractivity contribution in [3.05, 3.63) is 34.9 Å². The van der Waals surface area contributed by atoms with E-state index in [0.717, 1.165) is 12.1 Å². The minimum Gasteiger partial charge on any atom is -0.481 e. The summed E-state index contributed by atoms with van der Waals surface area (Å²) in [6, 6.07) is 1.57. The molecule has 0 spiro atoms. The zero-order valence-corrected chi connectivity index (χ0v) is 14.8. The topological polar surface area (TPSA) is 63.3 Å². The van der Waals surface area contributed by atoms with Crippen molar-refractivity contribution in [2.75, 3.05) is 6.54 Å². The first-order chi connectivity index (χ1) is 12.4. The highest BCUT2D eigenvalue weighted by molar-refractivity contribution is 5.70. The number of halogens is 6. The van der Waals surface area contributed by atoms with Crippen molar-refractivity contribution in [2.45, 2.75) is 51.4 Å². The van der Waals surface area contributed by atoms with Gasteiger partial charge in [0.05, 0.1) is 17.0 Å². The fourth-order valence-corrected chi connectivity index (χ4v) is 2.95. The molecule has 27 heavy (non-hydrogen) atoms. The molecule has 3 nitrogen and oxygen atoms in total. The Kier molecular flexibility index (Phi) is 8.13. The molecule has 154 valence electrons. The Balaban J connectivity index is 2.84. The molecule has 3 N–H and O–H groups in total. The molecule has 1 aromatic carbocycles. The molecular formula is C18H23F6NO2. The highest BCUT2D eigenvalue weighted by atomic mass is 19.4. The molecule has 2 unspecified atom stereocenters. The van der Waals surface area contributed by atoms with Gasteiger partial charge >= 0.3 is 18.3 Å². The van der Waals surface area contributed by atoms with Gasteiger partial charge in [0.25, 0.3) is 0 Å². The summed E-state index contributed by atoms with van der Waals surface area (Å²) in [5, 5.41) is 9.04. The van der Waals surface area contributed by atoms with Crippen LogP contribution in [-0.4, -0.2) is 17.6 Å². The lowest BCUT2D eigenvalue weighted by atomic mass is 9.88. The van der Waals surface area contributed by atoms with Crippen molar-refractivity contribution in [3.8, 4) is 0 Å². The zero-order valence-electron chi connectivity index (χ0n) is 14.8. The number of rotatable bonds is 9. The van der Waals surface area contributed by atoms with Gasteiger partial charge in [0.1, 0.15) is 0 Å². The predicted octanol–water partition coefficient (Wildman–Crippen LogP) is 5.12. The number of alkyl halides is 6. The number of aliphatic carboxylic acids is 1. The molecular weight excluding hydrogens is 376 g/mol. The number of hydrogen-bond donors (Lipinski definition) is 2. The normalized spacial score (nSPS) is 14.8. The number of nitrogens with two attached hydrogens (primary N) is 1. The van der Waals surface area contributed by atoms with Gasteiger partial charge in [-0.15, -0.1) is 0 Å². The van der Waals surface area contributed by atoms with E-state index in [2.05, 4.69) is 0 Å². The lowest BCUT2D eigenvalue weighted by molar-refractivity contribution is -0.143. The minimum absolute atomic E-state index is 0.0115. The largest absolute Gasteiger partial charge is 0.481 e. The van der Waals surface area contributed by atoms with Crippen LogP contribution in [0.25, 0.3) is 0 Å². The zero-order chi connectivity index (χ0) is 20.8. The van der Waals surface area contributed by atoms with Crippen molar-refractivity contribution in [2.24, 2.45) is 17.6 Å². The van der Waals surface area contributed by atoms with E-state index >= 15 is 0 Å². The molecule has 0 radical (unpaired) electrons. The van der Waals surface area contributed by atoms with Gasteiger partial charge in [-0.2, -0.15) is 26.3 Å². The Labute approximate surface area is 153 Å². The predicted molar refractivity (Wildman–Crippen MR) is 88.0 cm³/mol. The average Bonchev–Trinajstić information content (AvgIpc) is 2.55. The molecule has 0 bridgehead atoms. The summed E-state index contributed by atoms with van der Waals surface area (Å²) in [5.74, 6) is -1.73. The van der Waals surface area contributed by atoms with E-state index in [1.807, 2.05) is 6.92 Å². The van der Waals surface area contributed by atoms with E-state index in [4.69, 9.17) is 10.8 Å². The number of carbonyl (C=O) groups is 1. The van der Waals surface area contributed by atoms with Crippen molar-refractivity contribution in [1.82, 2.24) is 0 Å². The Morgan fingerprint density at radius 1 is 1.07 bits per heavy atom. The SMILES string of the molecule is CCC(CCCc1cc(C(F)(F)F)cc(C(F)(F)F)c1)CC(CN)C(=O)O. The van der Waals surface area contributed by atoms with Crippen LogP contribution in [-0.2, 0) is 23.6 Å². The summed E-state index contributed by atoms with van der Waals surface area (Å²) < 4.78 is 77.2. The smallest absolute Gasteiger partial charge is 0.416 e. The summed E-state index contributed by atoms with van der Waals surface area (Å²) >= 11 is 0. The first-order valence-corrected chi connectivity index (χ1v) is 8.59. The van der Waals surface area contributed by atoms with Gasteiger partial charge in [-0.25, -0.2) is 0 Å². The third-order valence-corrected chi connectivity index (χ3v) is 4.55. The van der Waals surface area contributed by atoms with Crippen LogP contribution in [0.5, 0.6) is 0 Å². The highest BCUT2D eigenvalue weighted by Crippen LogP contribution is 2.36. The molecule has 2 atom stereocenters. The van der Waals surface area contributed by atoms with Crippen LogP contribution in [0, 0.1) is 11.8 Å². The highest BCUT2D eigenvalue weighted by Gasteiger charge is 2.36. The third kappa shape index (κ3) is 7.40. The first-order valence-electron chi connectivity index (χ1n) is 8.59. The Hall–Kier alpha value is -1.77. The summed E-state index contributed by atoms with van der Waals surface area (Å²) in [5.41, 5.74) is 2.73. The van der Waals surface area contributed by atoms with Crippen LogP contribution >= 0.6 is 0 Å². The first kappa shape index (κ1) is 23.3. The standard InChI is InChI=1S/C18H23F6NO2/c1-2-11(6-13(10-25)16(26)27)4-3-5-12-7-14(17(19,20)21)9-15(8-12)18(22,23)24/h7-9,11,13H,2-6,10,25H2,1H3,(H,26,27). The monoisotopic (exact) mass is 399 g/mol. The summed E-state index contributed by atoms with van der Waals surface area (Å²) in [6.07, 6.45) is -7.84. The maximum absolute atomic E-state index is 12.9. The van der Waals surface area contributed by atoms with Crippen molar-refractivity contribution < 1.29 is 36.2 Å². The van der Waals surface area contributed by atoms with E-state index in [1.54, 1.807) is 0 Å². The van der Waals surface area contributed by atoms with Crippen LogP contribution in [0.2, 0.25) is 0 Å². The van der Waals surface area contributed by atoms with Crippen molar-refractivity contribution >= 4 is 5.97 Å². The molecule has 0 saturated heterocycles. The molecule has 0 amide bonds. The van der Waals surface area contributed by atoms with Crippen LogP contribution in [0.3, 0.4) is 0 Å².